The molecule has 0 bridgehead atoms. The van der Waals surface area contributed by atoms with Crippen molar-refractivity contribution in [3.63, 3.8) is 0 Å². The molecule has 158 valence electrons. The van der Waals surface area contributed by atoms with Crippen LogP contribution in [0.3, 0.4) is 0 Å². The van der Waals surface area contributed by atoms with Crippen molar-refractivity contribution in [1.82, 2.24) is 14.4 Å². The van der Waals surface area contributed by atoms with Crippen molar-refractivity contribution in [2.45, 2.75) is 12.3 Å². The molecule has 1 aliphatic rings. The average Bonchev–Trinajstić information content (AvgIpc) is 3.15. The summed E-state index contributed by atoms with van der Waals surface area (Å²) in [6, 6.07) is 11.0. The van der Waals surface area contributed by atoms with Crippen molar-refractivity contribution in [3.05, 3.63) is 57.9 Å². The monoisotopic (exact) mass is 420 g/mol. The second-order valence-electron chi connectivity index (χ2n) is 7.20. The summed E-state index contributed by atoms with van der Waals surface area (Å²) in [5.41, 5.74) is 2.27. The molecule has 2 aromatic carbocycles. The maximum atomic E-state index is 13.2. The van der Waals surface area contributed by atoms with Crippen molar-refractivity contribution in [1.29, 1.82) is 0 Å². The van der Waals surface area contributed by atoms with Gasteiger partial charge in [0.1, 0.15) is 5.82 Å². The van der Waals surface area contributed by atoms with Gasteiger partial charge in [0.05, 0.1) is 37.9 Å². The Morgan fingerprint density at radius 2 is 1.77 bits per heavy atom. The zero-order chi connectivity index (χ0) is 21.7. The van der Waals surface area contributed by atoms with Gasteiger partial charge in [0.25, 0.3) is 5.56 Å². The number of anilines is 1. The molecule has 0 aliphatic carbocycles. The smallest absolute Gasteiger partial charge is 0.258 e. The third kappa shape index (κ3) is 2.73. The number of amides is 1. The van der Waals surface area contributed by atoms with Crippen molar-refractivity contribution in [2.75, 3.05) is 26.6 Å². The molecule has 1 atom stereocenters. The minimum Gasteiger partial charge on any atom is -0.493 e. The number of H-pyrrole nitrogens is 1. The van der Waals surface area contributed by atoms with Gasteiger partial charge in [0.2, 0.25) is 17.4 Å². The van der Waals surface area contributed by atoms with Crippen molar-refractivity contribution >= 4 is 28.5 Å². The summed E-state index contributed by atoms with van der Waals surface area (Å²) in [5, 5.41) is 2.88. The van der Waals surface area contributed by atoms with E-state index in [4.69, 9.17) is 14.2 Å². The fraction of sp³-hybridized carbons (Fsp3) is 0.227. The highest BCUT2D eigenvalue weighted by molar-refractivity contribution is 5.96. The Bertz CT molecular complexity index is 1400. The zero-order valence-corrected chi connectivity index (χ0v) is 17.2. The van der Waals surface area contributed by atoms with E-state index < -0.39 is 5.92 Å². The molecule has 5 rings (SSSR count). The van der Waals surface area contributed by atoms with Crippen LogP contribution in [-0.4, -0.2) is 41.6 Å². The van der Waals surface area contributed by atoms with Crippen LogP contribution in [0.4, 0.5) is 5.82 Å². The van der Waals surface area contributed by atoms with E-state index in [1.807, 2.05) is 24.3 Å². The highest BCUT2D eigenvalue weighted by Crippen LogP contribution is 2.46. The van der Waals surface area contributed by atoms with Crippen LogP contribution in [0.2, 0.25) is 0 Å². The molecule has 1 amide bonds. The average molecular weight is 420 g/mol. The molecule has 31 heavy (non-hydrogen) atoms. The lowest BCUT2D eigenvalue weighted by atomic mass is 9.86. The number of ether oxygens (including phenoxy) is 3. The summed E-state index contributed by atoms with van der Waals surface area (Å²) < 4.78 is 18.3. The number of aromatic amines is 1. The van der Waals surface area contributed by atoms with E-state index in [2.05, 4.69) is 15.3 Å². The minimum absolute atomic E-state index is 0.0834. The van der Waals surface area contributed by atoms with E-state index in [1.54, 1.807) is 16.5 Å². The number of carbonyl (C=O) groups is 1. The van der Waals surface area contributed by atoms with Gasteiger partial charge in [-0.15, -0.1) is 0 Å². The Hall–Kier alpha value is -4.01. The lowest BCUT2D eigenvalue weighted by Crippen LogP contribution is -2.32. The molecule has 9 heteroatoms. The summed E-state index contributed by atoms with van der Waals surface area (Å²) >= 11 is 0. The second kappa shape index (κ2) is 7.05. The van der Waals surface area contributed by atoms with Crippen molar-refractivity contribution < 1.29 is 19.0 Å². The van der Waals surface area contributed by atoms with Gasteiger partial charge in [-0.25, -0.2) is 4.98 Å². The number of hydrogen-bond donors (Lipinski definition) is 2. The highest BCUT2D eigenvalue weighted by Gasteiger charge is 2.35. The Balaban J connectivity index is 1.83. The zero-order valence-electron chi connectivity index (χ0n) is 17.2. The van der Waals surface area contributed by atoms with Crippen LogP contribution in [0, 0.1) is 0 Å². The summed E-state index contributed by atoms with van der Waals surface area (Å²) in [5.74, 6) is 1.33. The number of methoxy groups -OCH3 is 3. The third-order valence-electron chi connectivity index (χ3n) is 5.62. The fourth-order valence-corrected chi connectivity index (χ4v) is 4.31. The number of hydrogen-bond acceptors (Lipinski definition) is 6. The lowest BCUT2D eigenvalue weighted by molar-refractivity contribution is -0.116. The minimum atomic E-state index is -0.548. The molecule has 0 radical (unpaired) electrons. The number of para-hydroxylation sites is 2. The van der Waals surface area contributed by atoms with Gasteiger partial charge >= 0.3 is 0 Å². The maximum Gasteiger partial charge on any atom is 0.258 e. The predicted octanol–water partition coefficient (Wildman–Crippen LogP) is 2.68. The van der Waals surface area contributed by atoms with Gasteiger partial charge in [0, 0.05) is 17.9 Å². The molecule has 0 spiro atoms. The van der Waals surface area contributed by atoms with Gasteiger partial charge in [0.15, 0.2) is 11.5 Å². The van der Waals surface area contributed by atoms with Crippen LogP contribution >= 0.6 is 0 Å². The molecule has 0 saturated heterocycles. The molecule has 2 aromatic heterocycles. The van der Waals surface area contributed by atoms with Gasteiger partial charge in [-0.1, -0.05) is 18.2 Å². The Labute approximate surface area is 176 Å². The highest BCUT2D eigenvalue weighted by atomic mass is 16.5. The van der Waals surface area contributed by atoms with E-state index in [-0.39, 0.29) is 17.9 Å². The summed E-state index contributed by atoms with van der Waals surface area (Å²) in [6.45, 7) is 0. The largest absolute Gasteiger partial charge is 0.493 e. The summed E-state index contributed by atoms with van der Waals surface area (Å²) in [4.78, 5) is 33.3. The Kier molecular flexibility index (Phi) is 4.32. The van der Waals surface area contributed by atoms with E-state index in [1.165, 1.54) is 21.3 Å². The number of imidazole rings is 1. The molecule has 3 heterocycles. The van der Waals surface area contributed by atoms with E-state index in [9.17, 15) is 9.59 Å². The van der Waals surface area contributed by atoms with Crippen molar-refractivity contribution in [2.24, 2.45) is 0 Å². The number of benzene rings is 2. The van der Waals surface area contributed by atoms with Gasteiger partial charge in [-0.2, -0.15) is 0 Å². The van der Waals surface area contributed by atoms with E-state index in [0.29, 0.717) is 45.5 Å². The first kappa shape index (κ1) is 19.0. The Morgan fingerprint density at radius 1 is 1.00 bits per heavy atom. The maximum absolute atomic E-state index is 13.2. The SMILES string of the molecule is COc1ccc([C@H]2CC(=O)Nc3c2c(=O)[nH]c2nc4ccccc4n32)c(OC)c1OC. The first-order valence-corrected chi connectivity index (χ1v) is 9.69. The molecule has 0 fully saturated rings. The standard InChI is InChI=1S/C22H20N4O5/c1-29-15-9-8-11(18(30-2)19(15)31-3)12-10-16(27)24-20-17(12)21(28)25-22-23-13-6-4-5-7-14(13)26(20)22/h4-9,12H,10H2,1-3H3,(H,24,27)(H,23,25,28)/t12-/m1/s1. The summed E-state index contributed by atoms with van der Waals surface area (Å²) in [7, 11) is 4.56. The first-order chi connectivity index (χ1) is 15.1. The topological polar surface area (TPSA) is 107 Å². The Morgan fingerprint density at radius 3 is 2.52 bits per heavy atom. The van der Waals surface area contributed by atoms with E-state index >= 15 is 0 Å². The predicted molar refractivity (Wildman–Crippen MR) is 115 cm³/mol. The van der Waals surface area contributed by atoms with Gasteiger partial charge in [-0.3, -0.25) is 19.0 Å². The van der Waals surface area contributed by atoms with Crippen LogP contribution in [0.5, 0.6) is 17.2 Å². The number of rotatable bonds is 4. The number of aromatic nitrogens is 3. The van der Waals surface area contributed by atoms with Gasteiger partial charge in [-0.05, 0) is 18.2 Å². The van der Waals surface area contributed by atoms with Crippen LogP contribution in [-0.2, 0) is 4.79 Å². The summed E-state index contributed by atoms with van der Waals surface area (Å²) in [6.07, 6.45) is 0.0834. The van der Waals surface area contributed by atoms with Crippen LogP contribution < -0.4 is 25.1 Å². The normalized spacial score (nSPS) is 15.6. The van der Waals surface area contributed by atoms with E-state index in [0.717, 1.165) is 5.52 Å². The van der Waals surface area contributed by atoms with Crippen LogP contribution in [0.25, 0.3) is 16.8 Å². The number of fused-ring (bicyclic) bond motifs is 5. The molecule has 9 nitrogen and oxygen atoms in total. The van der Waals surface area contributed by atoms with Crippen molar-refractivity contribution in [3.8, 4) is 17.2 Å². The number of carbonyl (C=O) groups excluding carboxylic acids is 1. The molecular weight excluding hydrogens is 400 g/mol. The number of nitrogens with zero attached hydrogens (tertiary/aromatic N) is 2. The van der Waals surface area contributed by atoms with Gasteiger partial charge < -0.3 is 19.5 Å². The first-order valence-electron chi connectivity index (χ1n) is 9.69. The molecule has 2 N–H and O–H groups in total. The second-order valence-corrected chi connectivity index (χ2v) is 7.20. The molecule has 0 unspecified atom stereocenters. The third-order valence-corrected chi connectivity index (χ3v) is 5.62. The molecule has 4 aromatic rings. The molecule has 0 saturated carbocycles. The van der Waals surface area contributed by atoms with Crippen LogP contribution in [0.15, 0.2) is 41.2 Å². The van der Waals surface area contributed by atoms with Crippen LogP contribution in [0.1, 0.15) is 23.5 Å². The molecular formula is C22H20N4O5. The lowest BCUT2D eigenvalue weighted by Gasteiger charge is -2.27. The quantitative estimate of drug-likeness (QED) is 0.526. The fourth-order valence-electron chi connectivity index (χ4n) is 4.31. The number of nitrogens with one attached hydrogen (secondary N) is 2. The molecule has 1 aliphatic heterocycles.